The third-order valence-corrected chi connectivity index (χ3v) is 4.48. The highest BCUT2D eigenvalue weighted by Crippen LogP contribution is 2.50. The fraction of sp³-hybridized carbons (Fsp3) is 0.533. The Labute approximate surface area is 107 Å². The molecule has 3 heteroatoms. The maximum absolute atomic E-state index is 11.5. The van der Waals surface area contributed by atoms with Gasteiger partial charge in [-0.05, 0) is 43.2 Å². The van der Waals surface area contributed by atoms with Crippen LogP contribution in [-0.2, 0) is 4.79 Å². The summed E-state index contributed by atoms with van der Waals surface area (Å²) in [7, 11) is 0. The van der Waals surface area contributed by atoms with Gasteiger partial charge in [-0.1, -0.05) is 24.6 Å². The lowest BCUT2D eigenvalue weighted by molar-refractivity contribution is -0.155. The molecule has 1 aromatic carbocycles. The number of fused-ring (bicyclic) bond motifs is 1. The van der Waals surface area contributed by atoms with Crippen LogP contribution in [0.1, 0.15) is 43.6 Å². The Morgan fingerprint density at radius 1 is 1.39 bits per heavy atom. The maximum atomic E-state index is 11.5. The van der Waals surface area contributed by atoms with E-state index >= 15 is 0 Å². The first-order valence-electron chi connectivity index (χ1n) is 6.66. The van der Waals surface area contributed by atoms with E-state index in [0.717, 1.165) is 37.9 Å². The highest BCUT2D eigenvalue weighted by molar-refractivity contribution is 5.75. The quantitative estimate of drug-likeness (QED) is 0.890. The van der Waals surface area contributed by atoms with Crippen LogP contribution in [0.2, 0.25) is 0 Å². The van der Waals surface area contributed by atoms with E-state index in [-0.39, 0.29) is 0 Å². The molecule has 1 aliphatic heterocycles. The second-order valence-corrected chi connectivity index (χ2v) is 5.52. The molecule has 1 atom stereocenters. The smallest absolute Gasteiger partial charge is 0.309 e. The molecule has 0 radical (unpaired) electrons. The summed E-state index contributed by atoms with van der Waals surface area (Å²) in [6.45, 7) is 0.706. The fourth-order valence-electron chi connectivity index (χ4n) is 3.21. The molecule has 18 heavy (non-hydrogen) atoms. The second-order valence-electron chi connectivity index (χ2n) is 5.52. The van der Waals surface area contributed by atoms with Crippen molar-refractivity contribution >= 4 is 5.97 Å². The number of ether oxygens (including phenoxy) is 1. The van der Waals surface area contributed by atoms with E-state index in [1.165, 1.54) is 5.56 Å². The van der Waals surface area contributed by atoms with Crippen molar-refractivity contribution < 1.29 is 14.6 Å². The van der Waals surface area contributed by atoms with Gasteiger partial charge in [-0.3, -0.25) is 4.79 Å². The van der Waals surface area contributed by atoms with Crippen molar-refractivity contribution in [2.75, 3.05) is 6.61 Å². The first-order chi connectivity index (χ1) is 8.71. The molecule has 1 aliphatic carbocycles. The number of hydrogen-bond donors (Lipinski definition) is 1. The summed E-state index contributed by atoms with van der Waals surface area (Å²) in [5, 5.41) is 9.43. The van der Waals surface area contributed by atoms with Gasteiger partial charge < -0.3 is 9.84 Å². The molecular weight excluding hydrogens is 228 g/mol. The summed E-state index contributed by atoms with van der Waals surface area (Å²) < 4.78 is 5.63. The van der Waals surface area contributed by atoms with Crippen LogP contribution in [-0.4, -0.2) is 17.7 Å². The van der Waals surface area contributed by atoms with Gasteiger partial charge in [-0.25, -0.2) is 0 Å². The normalized spacial score (nSPS) is 24.6. The van der Waals surface area contributed by atoms with Crippen molar-refractivity contribution in [2.45, 2.75) is 38.0 Å². The van der Waals surface area contributed by atoms with E-state index in [4.69, 9.17) is 4.74 Å². The molecule has 1 N–H and O–H groups in total. The molecule has 3 nitrogen and oxygen atoms in total. The molecule has 1 saturated carbocycles. The molecule has 1 aromatic rings. The minimum absolute atomic E-state index is 0.339. The van der Waals surface area contributed by atoms with Gasteiger partial charge in [-0.15, -0.1) is 0 Å². The number of carboxylic acid groups (broad SMARTS) is 1. The molecular formula is C15H18O3. The van der Waals surface area contributed by atoms with Crippen LogP contribution < -0.4 is 4.74 Å². The molecule has 96 valence electrons. The number of rotatable bonds is 3. The van der Waals surface area contributed by atoms with Crippen LogP contribution >= 0.6 is 0 Å². The van der Waals surface area contributed by atoms with Crippen LogP contribution in [0.3, 0.4) is 0 Å². The van der Waals surface area contributed by atoms with Gasteiger partial charge in [0.05, 0.1) is 12.0 Å². The zero-order valence-electron chi connectivity index (χ0n) is 10.4. The predicted octanol–water partition coefficient (Wildman–Crippen LogP) is 3.20. The van der Waals surface area contributed by atoms with E-state index in [1.54, 1.807) is 0 Å². The zero-order valence-corrected chi connectivity index (χ0v) is 10.4. The molecule has 1 unspecified atom stereocenters. The van der Waals surface area contributed by atoms with Crippen molar-refractivity contribution in [1.29, 1.82) is 0 Å². The largest absolute Gasteiger partial charge is 0.493 e. The monoisotopic (exact) mass is 246 g/mol. The number of carbonyl (C=O) groups is 1. The number of benzene rings is 1. The summed E-state index contributed by atoms with van der Waals surface area (Å²) in [6, 6.07) is 8.04. The Bertz CT molecular complexity index is 463. The van der Waals surface area contributed by atoms with E-state index in [9.17, 15) is 9.90 Å². The van der Waals surface area contributed by atoms with Crippen LogP contribution in [0.4, 0.5) is 0 Å². The van der Waals surface area contributed by atoms with Gasteiger partial charge in [0.15, 0.2) is 0 Å². The zero-order chi connectivity index (χ0) is 12.6. The van der Waals surface area contributed by atoms with Crippen LogP contribution in [0.25, 0.3) is 0 Å². The van der Waals surface area contributed by atoms with Gasteiger partial charge in [-0.2, -0.15) is 0 Å². The third kappa shape index (κ3) is 1.78. The summed E-state index contributed by atoms with van der Waals surface area (Å²) >= 11 is 0. The van der Waals surface area contributed by atoms with E-state index in [1.807, 2.05) is 18.2 Å². The minimum Gasteiger partial charge on any atom is -0.493 e. The molecule has 3 rings (SSSR count). The highest BCUT2D eigenvalue weighted by atomic mass is 16.5. The van der Waals surface area contributed by atoms with E-state index < -0.39 is 11.4 Å². The second kappa shape index (κ2) is 4.30. The molecule has 0 amide bonds. The van der Waals surface area contributed by atoms with Gasteiger partial charge >= 0.3 is 5.97 Å². The van der Waals surface area contributed by atoms with Crippen molar-refractivity contribution in [1.82, 2.24) is 0 Å². The fourth-order valence-corrected chi connectivity index (χ4v) is 3.21. The molecule has 0 bridgehead atoms. The lowest BCUT2D eigenvalue weighted by Crippen LogP contribution is -2.39. The van der Waals surface area contributed by atoms with Gasteiger partial charge in [0.25, 0.3) is 0 Å². The lowest BCUT2D eigenvalue weighted by atomic mass is 9.63. The topological polar surface area (TPSA) is 46.5 Å². The van der Waals surface area contributed by atoms with Gasteiger partial charge in [0.1, 0.15) is 5.75 Å². The molecule has 1 fully saturated rings. The van der Waals surface area contributed by atoms with Gasteiger partial charge in [0, 0.05) is 0 Å². The van der Waals surface area contributed by atoms with Crippen LogP contribution in [0.5, 0.6) is 5.75 Å². The summed E-state index contributed by atoms with van der Waals surface area (Å²) in [4.78, 5) is 11.5. The van der Waals surface area contributed by atoms with Crippen molar-refractivity contribution in [3.63, 3.8) is 0 Å². The Kier molecular flexibility index (Phi) is 2.77. The summed E-state index contributed by atoms with van der Waals surface area (Å²) in [5.74, 6) is 0.665. The average molecular weight is 246 g/mol. The van der Waals surface area contributed by atoms with Crippen molar-refractivity contribution in [2.24, 2.45) is 5.41 Å². The SMILES string of the molecule is O=C(O)C1(CC2CCOc3ccccc32)CCC1. The number of para-hydroxylation sites is 1. The minimum atomic E-state index is -0.613. The highest BCUT2D eigenvalue weighted by Gasteiger charge is 2.46. The van der Waals surface area contributed by atoms with E-state index in [0.29, 0.717) is 12.5 Å². The Balaban J connectivity index is 1.84. The maximum Gasteiger partial charge on any atom is 0.309 e. The lowest BCUT2D eigenvalue weighted by Gasteiger charge is -2.41. The number of aliphatic carboxylic acids is 1. The van der Waals surface area contributed by atoms with Gasteiger partial charge in [0.2, 0.25) is 0 Å². The molecule has 1 heterocycles. The van der Waals surface area contributed by atoms with Crippen molar-refractivity contribution in [3.8, 4) is 5.75 Å². The molecule has 2 aliphatic rings. The summed E-state index contributed by atoms with van der Waals surface area (Å²) in [5.41, 5.74) is 0.728. The first kappa shape index (κ1) is 11.6. The van der Waals surface area contributed by atoms with Crippen LogP contribution in [0.15, 0.2) is 24.3 Å². The number of carboxylic acids is 1. The third-order valence-electron chi connectivity index (χ3n) is 4.48. The van der Waals surface area contributed by atoms with Crippen molar-refractivity contribution in [3.05, 3.63) is 29.8 Å². The molecule has 0 saturated heterocycles. The molecule has 0 spiro atoms. The summed E-state index contributed by atoms with van der Waals surface area (Å²) in [6.07, 6.45) is 4.43. The Morgan fingerprint density at radius 3 is 2.83 bits per heavy atom. The Morgan fingerprint density at radius 2 is 2.17 bits per heavy atom. The Hall–Kier alpha value is -1.51. The first-order valence-corrected chi connectivity index (χ1v) is 6.66. The predicted molar refractivity (Wildman–Crippen MR) is 67.8 cm³/mol. The standard InChI is InChI=1S/C15H18O3/c16-14(17)15(7-3-8-15)10-11-6-9-18-13-5-2-1-4-12(11)13/h1-2,4-5,11H,3,6-10H2,(H,16,17). The van der Waals surface area contributed by atoms with Crippen LogP contribution in [0, 0.1) is 5.41 Å². The molecule has 0 aromatic heterocycles. The number of hydrogen-bond acceptors (Lipinski definition) is 2. The van der Waals surface area contributed by atoms with E-state index in [2.05, 4.69) is 6.07 Å². The average Bonchev–Trinajstić information content (AvgIpc) is 2.33.